The third-order valence-corrected chi connectivity index (χ3v) is 4.98. The molecule has 3 rings (SSSR count). The smallest absolute Gasteiger partial charge is 0.340 e. The zero-order chi connectivity index (χ0) is 18.9. The molecule has 1 saturated heterocycles. The van der Waals surface area contributed by atoms with Crippen molar-refractivity contribution in [1.29, 1.82) is 0 Å². The number of piperazine rings is 1. The third kappa shape index (κ3) is 4.43. The number of thiocarbonyl (C=S) groups is 1. The molecule has 0 bridgehead atoms. The van der Waals surface area contributed by atoms with E-state index in [1.165, 1.54) is 0 Å². The highest BCUT2D eigenvalue weighted by molar-refractivity contribution is 7.80. The second-order valence-electron chi connectivity index (χ2n) is 7.95. The van der Waals surface area contributed by atoms with Crippen LogP contribution in [0.2, 0.25) is 0 Å². The Labute approximate surface area is 160 Å². The number of ether oxygens (including phenoxy) is 1. The van der Waals surface area contributed by atoms with E-state index < -0.39 is 5.60 Å². The minimum atomic E-state index is -0.513. The van der Waals surface area contributed by atoms with Crippen molar-refractivity contribution >= 4 is 34.1 Å². The van der Waals surface area contributed by atoms with Crippen LogP contribution >= 0.6 is 12.2 Å². The molecule has 1 N–H and O–H groups in total. The molecule has 6 heteroatoms. The maximum absolute atomic E-state index is 12.5. The molecule has 1 aliphatic heterocycles. The van der Waals surface area contributed by atoms with Gasteiger partial charge in [-0.25, -0.2) is 4.79 Å². The number of carbonyl (C=O) groups is 1. The van der Waals surface area contributed by atoms with Crippen LogP contribution in [0.15, 0.2) is 24.4 Å². The van der Waals surface area contributed by atoms with Crippen LogP contribution in [0, 0.1) is 0 Å². The summed E-state index contributed by atoms with van der Waals surface area (Å²) in [6, 6.07) is 6.12. The Bertz CT molecular complexity index is 814. The average Bonchev–Trinajstić information content (AvgIpc) is 2.97. The van der Waals surface area contributed by atoms with Gasteiger partial charge in [0.15, 0.2) is 0 Å². The lowest BCUT2D eigenvalue weighted by atomic mass is 10.1. The van der Waals surface area contributed by atoms with Crippen molar-refractivity contribution in [1.82, 2.24) is 14.8 Å². The summed E-state index contributed by atoms with van der Waals surface area (Å²) in [6.45, 7) is 9.66. The predicted octanol–water partition coefficient (Wildman–Crippen LogP) is 3.24. The molecule has 5 nitrogen and oxygen atoms in total. The molecular weight excluding hydrogens is 346 g/mol. The van der Waals surface area contributed by atoms with Gasteiger partial charge in [-0.05, 0) is 45.5 Å². The number of nitrogens with zero attached hydrogens (tertiary/aromatic N) is 2. The van der Waals surface area contributed by atoms with Gasteiger partial charge in [0, 0.05) is 49.7 Å². The van der Waals surface area contributed by atoms with Crippen molar-refractivity contribution in [2.24, 2.45) is 0 Å². The molecule has 1 fully saturated rings. The highest BCUT2D eigenvalue weighted by atomic mass is 32.1. The van der Waals surface area contributed by atoms with E-state index in [1.54, 1.807) is 6.20 Å². The number of aromatic nitrogens is 1. The van der Waals surface area contributed by atoms with Crippen LogP contribution in [0.25, 0.3) is 10.9 Å². The van der Waals surface area contributed by atoms with E-state index in [0.717, 1.165) is 47.6 Å². The van der Waals surface area contributed by atoms with Gasteiger partial charge in [0.1, 0.15) is 5.60 Å². The Balaban J connectivity index is 1.77. The first-order chi connectivity index (χ1) is 12.2. The van der Waals surface area contributed by atoms with Crippen molar-refractivity contribution in [2.45, 2.75) is 32.8 Å². The van der Waals surface area contributed by atoms with Crippen LogP contribution < -0.4 is 0 Å². The Hall–Kier alpha value is -1.92. The third-order valence-electron chi connectivity index (χ3n) is 4.58. The van der Waals surface area contributed by atoms with E-state index in [0.29, 0.717) is 12.0 Å². The topological polar surface area (TPSA) is 48.6 Å². The number of nitrogens with one attached hydrogen (secondary N) is 1. The Morgan fingerprint density at radius 3 is 2.58 bits per heavy atom. The average molecular weight is 374 g/mol. The van der Waals surface area contributed by atoms with Crippen LogP contribution in [0.1, 0.15) is 36.7 Å². The molecule has 0 amide bonds. The first-order valence-corrected chi connectivity index (χ1v) is 9.43. The van der Waals surface area contributed by atoms with Gasteiger partial charge in [0.05, 0.1) is 10.6 Å². The summed E-state index contributed by atoms with van der Waals surface area (Å²) in [7, 11) is 2.14. The molecule has 0 atom stereocenters. The summed E-state index contributed by atoms with van der Waals surface area (Å²) in [6.07, 6.45) is 2.44. The predicted molar refractivity (Wildman–Crippen MR) is 109 cm³/mol. The molecule has 0 aliphatic carbocycles. The van der Waals surface area contributed by atoms with Crippen LogP contribution in [0.5, 0.6) is 0 Å². The van der Waals surface area contributed by atoms with Crippen molar-refractivity contribution in [3.8, 4) is 0 Å². The zero-order valence-corrected chi connectivity index (χ0v) is 16.8. The fraction of sp³-hybridized carbons (Fsp3) is 0.500. The SMILES string of the molecule is CN1CCN(C(=S)Cc2ccc3[nH]cc(C(=O)OC(C)(C)C)c3c2)CC1. The number of fused-ring (bicyclic) bond motifs is 1. The first kappa shape index (κ1) is 18.9. The lowest BCUT2D eigenvalue weighted by molar-refractivity contribution is 0.00719. The summed E-state index contributed by atoms with van der Waals surface area (Å²) in [5.74, 6) is -0.303. The highest BCUT2D eigenvalue weighted by Crippen LogP contribution is 2.23. The standard InChI is InChI=1S/C20H27N3O2S/c1-20(2,3)25-19(24)16-13-21-17-6-5-14(11-15(16)17)12-18(26)23-9-7-22(4)8-10-23/h5-6,11,13,21H,7-10,12H2,1-4H3. The van der Waals surface area contributed by atoms with Crippen molar-refractivity contribution in [2.75, 3.05) is 33.2 Å². The number of rotatable bonds is 3. The van der Waals surface area contributed by atoms with Crippen LogP contribution in [-0.4, -0.2) is 64.6 Å². The van der Waals surface area contributed by atoms with Gasteiger partial charge in [-0.3, -0.25) is 0 Å². The number of carbonyl (C=O) groups excluding carboxylic acids is 1. The summed E-state index contributed by atoms with van der Waals surface area (Å²) in [4.78, 5) is 21.2. The highest BCUT2D eigenvalue weighted by Gasteiger charge is 2.21. The monoisotopic (exact) mass is 373 g/mol. The quantitative estimate of drug-likeness (QED) is 0.661. The van der Waals surface area contributed by atoms with Gasteiger partial charge in [0.25, 0.3) is 0 Å². The molecular formula is C20H27N3O2S. The van der Waals surface area contributed by atoms with Crippen LogP contribution in [0.3, 0.4) is 0 Å². The summed E-state index contributed by atoms with van der Waals surface area (Å²) < 4.78 is 5.52. The van der Waals surface area contributed by atoms with Crippen LogP contribution in [-0.2, 0) is 11.2 Å². The minimum absolute atomic E-state index is 0.303. The van der Waals surface area contributed by atoms with Gasteiger partial charge in [-0.2, -0.15) is 0 Å². The lowest BCUT2D eigenvalue weighted by Crippen LogP contribution is -2.47. The summed E-state index contributed by atoms with van der Waals surface area (Å²) in [5.41, 5.74) is 2.11. The largest absolute Gasteiger partial charge is 0.456 e. The van der Waals surface area contributed by atoms with Crippen LogP contribution in [0.4, 0.5) is 0 Å². The summed E-state index contributed by atoms with van der Waals surface area (Å²) >= 11 is 5.66. The Morgan fingerprint density at radius 2 is 1.92 bits per heavy atom. The van der Waals surface area contributed by atoms with Gasteiger partial charge in [-0.1, -0.05) is 18.3 Å². The number of benzene rings is 1. The number of hydrogen-bond acceptors (Lipinski definition) is 4. The fourth-order valence-corrected chi connectivity index (χ4v) is 3.47. The molecule has 0 radical (unpaired) electrons. The number of aromatic amines is 1. The van der Waals surface area contributed by atoms with E-state index in [2.05, 4.69) is 27.9 Å². The van der Waals surface area contributed by atoms with Gasteiger partial charge in [-0.15, -0.1) is 0 Å². The van der Waals surface area contributed by atoms with Crippen molar-refractivity contribution in [3.05, 3.63) is 35.5 Å². The van der Waals surface area contributed by atoms with Gasteiger partial charge < -0.3 is 19.5 Å². The minimum Gasteiger partial charge on any atom is -0.456 e. The van der Waals surface area contributed by atoms with Gasteiger partial charge >= 0.3 is 5.97 Å². The molecule has 26 heavy (non-hydrogen) atoms. The van der Waals surface area contributed by atoms with E-state index in [-0.39, 0.29) is 5.97 Å². The van der Waals surface area contributed by atoms with Crippen molar-refractivity contribution < 1.29 is 9.53 Å². The molecule has 2 heterocycles. The van der Waals surface area contributed by atoms with E-state index >= 15 is 0 Å². The first-order valence-electron chi connectivity index (χ1n) is 9.02. The van der Waals surface area contributed by atoms with Gasteiger partial charge in [0.2, 0.25) is 0 Å². The maximum Gasteiger partial charge on any atom is 0.340 e. The van der Waals surface area contributed by atoms with E-state index in [9.17, 15) is 4.79 Å². The number of hydrogen-bond donors (Lipinski definition) is 1. The number of H-pyrrole nitrogens is 1. The molecule has 0 unspecified atom stereocenters. The molecule has 0 saturated carbocycles. The second kappa shape index (κ2) is 7.37. The number of esters is 1. The Kier molecular flexibility index (Phi) is 5.34. The maximum atomic E-state index is 12.5. The number of likely N-dealkylation sites (N-methyl/N-ethyl adjacent to an activating group) is 1. The fourth-order valence-electron chi connectivity index (χ4n) is 3.12. The molecule has 1 aromatic carbocycles. The molecule has 1 aliphatic rings. The van der Waals surface area contributed by atoms with E-state index in [1.807, 2.05) is 32.9 Å². The molecule has 140 valence electrons. The normalized spacial score (nSPS) is 16.1. The Morgan fingerprint density at radius 1 is 1.23 bits per heavy atom. The molecule has 1 aromatic heterocycles. The van der Waals surface area contributed by atoms with E-state index in [4.69, 9.17) is 17.0 Å². The molecule has 2 aromatic rings. The lowest BCUT2D eigenvalue weighted by Gasteiger charge is -2.34. The molecule has 0 spiro atoms. The van der Waals surface area contributed by atoms with Crippen molar-refractivity contribution in [3.63, 3.8) is 0 Å². The summed E-state index contributed by atoms with van der Waals surface area (Å²) in [5, 5.41) is 0.887. The second-order valence-corrected chi connectivity index (χ2v) is 8.42. The zero-order valence-electron chi connectivity index (χ0n) is 16.0.